The summed E-state index contributed by atoms with van der Waals surface area (Å²) in [7, 11) is 2.10. The van der Waals surface area contributed by atoms with Crippen molar-refractivity contribution in [3.05, 3.63) is 58.3 Å². The van der Waals surface area contributed by atoms with Crippen molar-refractivity contribution in [3.8, 4) is 10.6 Å². The van der Waals surface area contributed by atoms with Gasteiger partial charge in [0.25, 0.3) is 0 Å². The van der Waals surface area contributed by atoms with Crippen LogP contribution in [0.25, 0.3) is 10.6 Å². The lowest BCUT2D eigenvalue weighted by Gasteiger charge is -2.13. The van der Waals surface area contributed by atoms with Crippen LogP contribution in [-0.4, -0.2) is 26.7 Å². The molecule has 0 aliphatic heterocycles. The van der Waals surface area contributed by atoms with E-state index in [9.17, 15) is 0 Å². The maximum Gasteiger partial charge on any atom is 0.125 e. The van der Waals surface area contributed by atoms with Gasteiger partial charge in [-0.1, -0.05) is 29.8 Å². The summed E-state index contributed by atoms with van der Waals surface area (Å²) in [5.74, 6) is 0. The van der Waals surface area contributed by atoms with Crippen LogP contribution in [0.1, 0.15) is 18.2 Å². The first-order valence-corrected chi connectivity index (χ1v) is 8.80. The van der Waals surface area contributed by atoms with Crippen LogP contribution in [0.15, 0.2) is 42.0 Å². The minimum Gasteiger partial charge on any atom is -0.296 e. The van der Waals surface area contributed by atoms with Crippen molar-refractivity contribution in [2.45, 2.75) is 26.6 Å². The molecular formula is C17H19ClN4S. The van der Waals surface area contributed by atoms with Gasteiger partial charge >= 0.3 is 0 Å². The number of hydrogen-bond donors (Lipinski definition) is 0. The Labute approximate surface area is 145 Å². The number of halogens is 1. The number of thiazole rings is 1. The maximum atomic E-state index is 6.24. The van der Waals surface area contributed by atoms with Gasteiger partial charge in [0.05, 0.1) is 16.9 Å². The van der Waals surface area contributed by atoms with Gasteiger partial charge in [0, 0.05) is 42.3 Å². The van der Waals surface area contributed by atoms with Crippen molar-refractivity contribution >= 4 is 22.9 Å². The Morgan fingerprint density at radius 1 is 1.26 bits per heavy atom. The number of rotatable bonds is 6. The molecule has 0 atom stereocenters. The zero-order valence-corrected chi connectivity index (χ0v) is 14.8. The largest absolute Gasteiger partial charge is 0.296 e. The molecule has 0 aliphatic rings. The van der Waals surface area contributed by atoms with Crippen LogP contribution in [0, 0.1) is 0 Å². The Hall–Kier alpha value is -1.69. The van der Waals surface area contributed by atoms with Crippen molar-refractivity contribution < 1.29 is 0 Å². The lowest BCUT2D eigenvalue weighted by molar-refractivity contribution is 0.316. The highest BCUT2D eigenvalue weighted by Gasteiger charge is 2.10. The second-order valence-corrected chi connectivity index (χ2v) is 6.77. The summed E-state index contributed by atoms with van der Waals surface area (Å²) in [5, 5.41) is 8.13. The van der Waals surface area contributed by atoms with Gasteiger partial charge in [-0.05, 0) is 20.0 Å². The molecule has 0 bridgehead atoms. The first-order chi connectivity index (χ1) is 11.2. The van der Waals surface area contributed by atoms with E-state index in [4.69, 9.17) is 16.6 Å². The molecule has 0 saturated carbocycles. The first-order valence-electron chi connectivity index (χ1n) is 7.55. The van der Waals surface area contributed by atoms with Gasteiger partial charge in [0.1, 0.15) is 5.01 Å². The number of nitrogens with zero attached hydrogens (tertiary/aromatic N) is 4. The molecule has 0 spiro atoms. The summed E-state index contributed by atoms with van der Waals surface area (Å²) in [5.41, 5.74) is 3.28. The van der Waals surface area contributed by atoms with E-state index in [1.807, 2.05) is 35.1 Å². The highest BCUT2D eigenvalue weighted by molar-refractivity contribution is 7.13. The van der Waals surface area contributed by atoms with Crippen molar-refractivity contribution in [1.82, 2.24) is 19.7 Å². The third kappa shape index (κ3) is 3.99. The van der Waals surface area contributed by atoms with Crippen LogP contribution in [0.4, 0.5) is 0 Å². The minimum atomic E-state index is 0.744. The molecule has 0 radical (unpaired) electrons. The molecule has 0 saturated heterocycles. The molecule has 0 amide bonds. The summed E-state index contributed by atoms with van der Waals surface area (Å²) >= 11 is 7.88. The Bertz CT molecular complexity index is 780. The van der Waals surface area contributed by atoms with E-state index in [0.717, 1.165) is 40.9 Å². The molecule has 120 valence electrons. The van der Waals surface area contributed by atoms with Gasteiger partial charge in [0.2, 0.25) is 0 Å². The second kappa shape index (κ2) is 7.25. The molecule has 1 aromatic carbocycles. The molecule has 2 aromatic heterocycles. The Balaban J connectivity index is 1.65. The topological polar surface area (TPSA) is 34.0 Å². The zero-order valence-electron chi connectivity index (χ0n) is 13.2. The normalized spacial score (nSPS) is 11.3. The predicted octanol–water partition coefficient (Wildman–Crippen LogP) is 4.31. The van der Waals surface area contributed by atoms with Gasteiger partial charge in [-0.2, -0.15) is 5.10 Å². The fraction of sp³-hybridized carbons (Fsp3) is 0.294. The lowest BCUT2D eigenvalue weighted by atomic mass is 10.2. The lowest BCUT2D eigenvalue weighted by Crippen LogP contribution is -2.17. The third-order valence-corrected chi connectivity index (χ3v) is 4.81. The van der Waals surface area contributed by atoms with Crippen LogP contribution in [0.5, 0.6) is 0 Å². The molecule has 3 rings (SSSR count). The van der Waals surface area contributed by atoms with E-state index in [-0.39, 0.29) is 0 Å². The predicted molar refractivity (Wildman–Crippen MR) is 95.6 cm³/mol. The second-order valence-electron chi connectivity index (χ2n) is 5.50. The van der Waals surface area contributed by atoms with Crippen molar-refractivity contribution in [1.29, 1.82) is 0 Å². The number of aromatic nitrogens is 3. The van der Waals surface area contributed by atoms with Crippen LogP contribution in [0.3, 0.4) is 0 Å². The highest BCUT2D eigenvalue weighted by Crippen LogP contribution is 2.30. The molecule has 0 unspecified atom stereocenters. The fourth-order valence-electron chi connectivity index (χ4n) is 2.44. The number of benzene rings is 1. The summed E-state index contributed by atoms with van der Waals surface area (Å²) < 4.78 is 1.95. The molecule has 0 fully saturated rings. The summed E-state index contributed by atoms with van der Waals surface area (Å²) in [6.45, 7) is 4.65. The molecule has 4 nitrogen and oxygen atoms in total. The third-order valence-electron chi connectivity index (χ3n) is 3.55. The summed E-state index contributed by atoms with van der Waals surface area (Å²) in [6, 6.07) is 7.83. The van der Waals surface area contributed by atoms with Crippen molar-refractivity contribution in [2.24, 2.45) is 0 Å². The van der Waals surface area contributed by atoms with E-state index in [1.54, 1.807) is 11.3 Å². The van der Waals surface area contributed by atoms with Crippen LogP contribution >= 0.6 is 22.9 Å². The standard InChI is InChI=1S/C17H19ClN4S/c1-3-22-10-13(8-19-22)9-21(2)11-14-12-23-17(20-14)15-6-4-5-7-16(15)18/h4-8,10,12H,3,9,11H2,1-2H3. The molecule has 0 N–H and O–H groups in total. The Morgan fingerprint density at radius 2 is 2.09 bits per heavy atom. The van der Waals surface area contributed by atoms with Gasteiger partial charge in [0.15, 0.2) is 0 Å². The molecule has 23 heavy (non-hydrogen) atoms. The fourth-order valence-corrected chi connectivity index (χ4v) is 3.57. The van der Waals surface area contributed by atoms with E-state index < -0.39 is 0 Å². The molecule has 3 aromatic rings. The molecule has 0 aliphatic carbocycles. The monoisotopic (exact) mass is 346 g/mol. The number of hydrogen-bond acceptors (Lipinski definition) is 4. The highest BCUT2D eigenvalue weighted by atomic mass is 35.5. The van der Waals surface area contributed by atoms with E-state index in [1.165, 1.54) is 5.56 Å². The van der Waals surface area contributed by atoms with E-state index in [2.05, 4.69) is 35.5 Å². The summed E-state index contributed by atoms with van der Waals surface area (Å²) in [4.78, 5) is 6.95. The van der Waals surface area contributed by atoms with Gasteiger partial charge in [-0.3, -0.25) is 9.58 Å². The quantitative estimate of drug-likeness (QED) is 0.666. The van der Waals surface area contributed by atoms with Crippen LogP contribution < -0.4 is 0 Å². The van der Waals surface area contributed by atoms with E-state index >= 15 is 0 Å². The average molecular weight is 347 g/mol. The van der Waals surface area contributed by atoms with Gasteiger partial charge in [-0.25, -0.2) is 4.98 Å². The average Bonchev–Trinajstić information content (AvgIpc) is 3.17. The SMILES string of the molecule is CCn1cc(CN(C)Cc2csc(-c3ccccc3Cl)n2)cn1. The zero-order chi connectivity index (χ0) is 16.2. The van der Waals surface area contributed by atoms with Gasteiger partial charge < -0.3 is 0 Å². The van der Waals surface area contributed by atoms with Crippen molar-refractivity contribution in [3.63, 3.8) is 0 Å². The van der Waals surface area contributed by atoms with Crippen LogP contribution in [0.2, 0.25) is 5.02 Å². The maximum absolute atomic E-state index is 6.24. The minimum absolute atomic E-state index is 0.744. The number of aryl methyl sites for hydroxylation is 1. The van der Waals surface area contributed by atoms with Gasteiger partial charge in [-0.15, -0.1) is 11.3 Å². The van der Waals surface area contributed by atoms with Crippen molar-refractivity contribution in [2.75, 3.05) is 7.05 Å². The molecule has 2 heterocycles. The Kier molecular flexibility index (Phi) is 5.10. The van der Waals surface area contributed by atoms with Crippen LogP contribution in [-0.2, 0) is 19.6 Å². The molecular weight excluding hydrogens is 328 g/mol. The summed E-state index contributed by atoms with van der Waals surface area (Å²) in [6.07, 6.45) is 4.02. The first kappa shape index (κ1) is 16.2. The smallest absolute Gasteiger partial charge is 0.125 e. The Morgan fingerprint density at radius 3 is 2.83 bits per heavy atom. The molecule has 6 heteroatoms. The van der Waals surface area contributed by atoms with E-state index in [0.29, 0.717) is 0 Å².